The number of carbonyl (C=O) groups is 1. The third-order valence-electron chi connectivity index (χ3n) is 3.60. The number of ether oxygens (including phenoxy) is 1. The molecular formula is C16H17NO2. The van der Waals surface area contributed by atoms with Gasteiger partial charge in [0.2, 0.25) is 0 Å². The molecule has 0 amide bonds. The number of nitrogens with zero attached hydrogens (tertiary/aromatic N) is 1. The number of carbonyl (C=O) groups excluding carboxylic acids is 1. The summed E-state index contributed by atoms with van der Waals surface area (Å²) in [6.07, 6.45) is 5.42. The summed E-state index contributed by atoms with van der Waals surface area (Å²) in [5.74, 6) is 0.502. The minimum Gasteiger partial charge on any atom is -0.370 e. The third kappa shape index (κ3) is 2.38. The molecule has 0 radical (unpaired) electrons. The van der Waals surface area contributed by atoms with Crippen LogP contribution in [0.2, 0.25) is 0 Å². The molecule has 0 N–H and O–H groups in total. The van der Waals surface area contributed by atoms with Gasteiger partial charge in [0.25, 0.3) is 0 Å². The predicted octanol–water partition coefficient (Wildman–Crippen LogP) is 3.23. The van der Waals surface area contributed by atoms with E-state index in [-0.39, 0.29) is 11.9 Å². The van der Waals surface area contributed by atoms with Crippen molar-refractivity contribution in [2.75, 3.05) is 6.61 Å². The normalized spacial score (nSPS) is 16.5. The van der Waals surface area contributed by atoms with E-state index in [0.717, 1.165) is 29.2 Å². The van der Waals surface area contributed by atoms with Gasteiger partial charge in [-0.25, -0.2) is 0 Å². The van der Waals surface area contributed by atoms with Crippen molar-refractivity contribution in [2.45, 2.75) is 25.9 Å². The van der Waals surface area contributed by atoms with Crippen LogP contribution in [-0.2, 0) is 4.74 Å². The Morgan fingerprint density at radius 2 is 2.26 bits per heavy atom. The molecule has 1 atom stereocenters. The van der Waals surface area contributed by atoms with Crippen LogP contribution in [0, 0.1) is 5.92 Å². The van der Waals surface area contributed by atoms with Gasteiger partial charge in [0.15, 0.2) is 5.78 Å². The Morgan fingerprint density at radius 1 is 1.42 bits per heavy atom. The Hall–Kier alpha value is -1.74. The van der Waals surface area contributed by atoms with Crippen LogP contribution < -0.4 is 0 Å². The molecule has 1 aliphatic rings. The summed E-state index contributed by atoms with van der Waals surface area (Å²) in [6.45, 7) is 2.52. The van der Waals surface area contributed by atoms with Crippen LogP contribution in [0.4, 0.5) is 0 Å². The average Bonchev–Trinajstić information content (AvgIpc) is 3.28. The Bertz CT molecular complexity index is 599. The molecule has 1 heterocycles. The predicted molar refractivity (Wildman–Crippen MR) is 74.2 cm³/mol. The first-order valence-corrected chi connectivity index (χ1v) is 6.80. The lowest BCUT2D eigenvalue weighted by Crippen LogP contribution is -2.27. The highest BCUT2D eigenvalue weighted by molar-refractivity contribution is 6.10. The molecule has 0 bridgehead atoms. The number of hydrogen-bond donors (Lipinski definition) is 0. The van der Waals surface area contributed by atoms with Crippen LogP contribution in [-0.4, -0.2) is 23.5 Å². The molecule has 1 unspecified atom stereocenters. The zero-order valence-electron chi connectivity index (χ0n) is 11.0. The summed E-state index contributed by atoms with van der Waals surface area (Å²) in [5.41, 5.74) is 0.732. The molecule has 3 rings (SSSR count). The van der Waals surface area contributed by atoms with E-state index in [1.54, 1.807) is 12.4 Å². The highest BCUT2D eigenvalue weighted by Crippen LogP contribution is 2.36. The van der Waals surface area contributed by atoms with Crippen molar-refractivity contribution < 1.29 is 9.53 Å². The Kier molecular flexibility index (Phi) is 3.30. The minimum atomic E-state index is -0.282. The maximum atomic E-state index is 12.7. The summed E-state index contributed by atoms with van der Waals surface area (Å²) in [7, 11) is 0. The number of hydrogen-bond acceptors (Lipinski definition) is 3. The smallest absolute Gasteiger partial charge is 0.192 e. The maximum Gasteiger partial charge on any atom is 0.192 e. The molecule has 1 aromatic heterocycles. The Morgan fingerprint density at radius 3 is 3.00 bits per heavy atom. The van der Waals surface area contributed by atoms with Gasteiger partial charge in [-0.15, -0.1) is 0 Å². The van der Waals surface area contributed by atoms with E-state index in [4.69, 9.17) is 4.74 Å². The molecule has 2 aromatic rings. The van der Waals surface area contributed by atoms with Crippen molar-refractivity contribution in [3.63, 3.8) is 0 Å². The fourth-order valence-corrected chi connectivity index (χ4v) is 2.49. The van der Waals surface area contributed by atoms with Crippen molar-refractivity contribution in [3.05, 3.63) is 42.2 Å². The second kappa shape index (κ2) is 5.10. The van der Waals surface area contributed by atoms with E-state index in [1.807, 2.05) is 31.2 Å². The first-order chi connectivity index (χ1) is 9.31. The largest absolute Gasteiger partial charge is 0.370 e. The zero-order chi connectivity index (χ0) is 13.2. The number of fused-ring (bicyclic) bond motifs is 1. The molecule has 1 aromatic carbocycles. The lowest BCUT2D eigenvalue weighted by atomic mass is 9.98. The Labute approximate surface area is 112 Å². The van der Waals surface area contributed by atoms with E-state index >= 15 is 0 Å². The van der Waals surface area contributed by atoms with Gasteiger partial charge in [-0.05, 0) is 37.1 Å². The quantitative estimate of drug-likeness (QED) is 0.770. The molecule has 19 heavy (non-hydrogen) atoms. The van der Waals surface area contributed by atoms with Crippen LogP contribution >= 0.6 is 0 Å². The van der Waals surface area contributed by atoms with Gasteiger partial charge in [-0.2, -0.15) is 0 Å². The van der Waals surface area contributed by atoms with Gasteiger partial charge in [0.05, 0.1) is 0 Å². The topological polar surface area (TPSA) is 39.2 Å². The first-order valence-electron chi connectivity index (χ1n) is 6.80. The number of ketones is 1. The highest BCUT2D eigenvalue weighted by atomic mass is 16.5. The molecular weight excluding hydrogens is 238 g/mol. The number of pyridine rings is 1. The lowest BCUT2D eigenvalue weighted by molar-refractivity contribution is 0.0376. The maximum absolute atomic E-state index is 12.7. The molecule has 1 saturated carbocycles. The molecule has 0 spiro atoms. The van der Waals surface area contributed by atoms with Crippen molar-refractivity contribution in [1.82, 2.24) is 4.98 Å². The molecule has 0 saturated heterocycles. The third-order valence-corrected chi connectivity index (χ3v) is 3.60. The molecule has 1 aliphatic carbocycles. The summed E-state index contributed by atoms with van der Waals surface area (Å²) >= 11 is 0. The van der Waals surface area contributed by atoms with E-state index in [1.165, 1.54) is 0 Å². The Balaban J connectivity index is 2.00. The number of aromatic nitrogens is 1. The van der Waals surface area contributed by atoms with Crippen LogP contribution in [0.3, 0.4) is 0 Å². The molecule has 0 aliphatic heterocycles. The zero-order valence-corrected chi connectivity index (χ0v) is 11.0. The summed E-state index contributed by atoms with van der Waals surface area (Å²) < 4.78 is 5.66. The number of rotatable bonds is 5. The molecule has 3 heteroatoms. The average molecular weight is 255 g/mol. The number of benzene rings is 1. The highest BCUT2D eigenvalue weighted by Gasteiger charge is 2.37. The SMILES string of the molecule is CCOC(C(=O)c1cccc2ccncc12)C1CC1. The van der Waals surface area contributed by atoms with Gasteiger partial charge in [0.1, 0.15) is 6.10 Å². The summed E-state index contributed by atoms with van der Waals surface area (Å²) in [6, 6.07) is 7.73. The molecule has 98 valence electrons. The van der Waals surface area contributed by atoms with Crippen molar-refractivity contribution in [1.29, 1.82) is 0 Å². The fraction of sp³-hybridized carbons (Fsp3) is 0.375. The number of Topliss-reactive ketones (excluding diaryl/α,β-unsaturated/α-hetero) is 1. The monoisotopic (exact) mass is 255 g/mol. The fourth-order valence-electron chi connectivity index (χ4n) is 2.49. The van der Waals surface area contributed by atoms with Crippen LogP contribution in [0.5, 0.6) is 0 Å². The van der Waals surface area contributed by atoms with E-state index in [9.17, 15) is 4.79 Å². The lowest BCUT2D eigenvalue weighted by Gasteiger charge is -2.16. The first kappa shape index (κ1) is 12.3. The minimum absolute atomic E-state index is 0.1000. The van der Waals surface area contributed by atoms with Crippen LogP contribution in [0.15, 0.2) is 36.7 Å². The van der Waals surface area contributed by atoms with E-state index in [0.29, 0.717) is 12.5 Å². The summed E-state index contributed by atoms with van der Waals surface area (Å²) in [5, 5.41) is 1.97. The van der Waals surface area contributed by atoms with Crippen molar-refractivity contribution in [3.8, 4) is 0 Å². The molecule has 1 fully saturated rings. The van der Waals surface area contributed by atoms with Gasteiger partial charge in [0, 0.05) is 30.0 Å². The second-order valence-corrected chi connectivity index (χ2v) is 4.98. The van der Waals surface area contributed by atoms with Crippen molar-refractivity contribution in [2.24, 2.45) is 5.92 Å². The standard InChI is InChI=1S/C16H17NO2/c1-2-19-16(12-6-7-12)15(18)13-5-3-4-11-8-9-17-10-14(11)13/h3-5,8-10,12,16H,2,6-7H2,1H3. The van der Waals surface area contributed by atoms with E-state index in [2.05, 4.69) is 4.98 Å². The molecule has 3 nitrogen and oxygen atoms in total. The summed E-state index contributed by atoms with van der Waals surface area (Å²) in [4.78, 5) is 16.8. The van der Waals surface area contributed by atoms with Gasteiger partial charge >= 0.3 is 0 Å². The van der Waals surface area contributed by atoms with Gasteiger partial charge in [-0.1, -0.05) is 18.2 Å². The van der Waals surface area contributed by atoms with Gasteiger partial charge < -0.3 is 4.74 Å². The van der Waals surface area contributed by atoms with E-state index < -0.39 is 0 Å². The van der Waals surface area contributed by atoms with Crippen molar-refractivity contribution >= 4 is 16.6 Å². The van der Waals surface area contributed by atoms with Crippen LogP contribution in [0.25, 0.3) is 10.8 Å². The second-order valence-electron chi connectivity index (χ2n) is 4.98. The van der Waals surface area contributed by atoms with Crippen LogP contribution in [0.1, 0.15) is 30.1 Å². The van der Waals surface area contributed by atoms with Gasteiger partial charge in [-0.3, -0.25) is 9.78 Å².